The molecule has 0 saturated heterocycles. The minimum Gasteiger partial charge on any atom is -0.493 e. The van der Waals surface area contributed by atoms with Crippen molar-refractivity contribution in [2.24, 2.45) is 11.7 Å². The molecule has 0 heterocycles. The summed E-state index contributed by atoms with van der Waals surface area (Å²) in [7, 11) is 3.02. The van der Waals surface area contributed by atoms with Crippen LogP contribution in [-0.2, 0) is 4.79 Å². The van der Waals surface area contributed by atoms with Gasteiger partial charge in [0.1, 0.15) is 0 Å². The number of carbonyl (C=O) groups excluding carboxylic acids is 2. The van der Waals surface area contributed by atoms with Gasteiger partial charge in [0.2, 0.25) is 5.91 Å². The van der Waals surface area contributed by atoms with Crippen molar-refractivity contribution < 1.29 is 19.1 Å². The Hall–Kier alpha value is -2.24. The summed E-state index contributed by atoms with van der Waals surface area (Å²) in [6.07, 6.45) is 4.70. The Kier molecular flexibility index (Phi) is 5.25. The molecule has 3 amide bonds. The first-order chi connectivity index (χ1) is 10.6. The van der Waals surface area contributed by atoms with Gasteiger partial charge in [-0.25, -0.2) is 9.69 Å². The highest BCUT2D eigenvalue weighted by atomic mass is 16.5. The number of benzene rings is 1. The van der Waals surface area contributed by atoms with E-state index in [-0.39, 0.29) is 5.91 Å². The van der Waals surface area contributed by atoms with E-state index in [9.17, 15) is 9.59 Å². The molecule has 1 aromatic carbocycles. The minimum absolute atomic E-state index is 0.272. The second kappa shape index (κ2) is 7.15. The van der Waals surface area contributed by atoms with Crippen LogP contribution in [0.2, 0.25) is 0 Å². The molecule has 120 valence electrons. The predicted octanol–water partition coefficient (Wildman–Crippen LogP) is 2.70. The predicted molar refractivity (Wildman–Crippen MR) is 83.2 cm³/mol. The van der Waals surface area contributed by atoms with Gasteiger partial charge in [0.25, 0.3) is 0 Å². The van der Waals surface area contributed by atoms with Crippen LogP contribution in [0.1, 0.15) is 32.1 Å². The molecule has 1 aromatic rings. The quantitative estimate of drug-likeness (QED) is 0.906. The number of amides is 3. The third kappa shape index (κ3) is 3.50. The number of hydrogen-bond donors (Lipinski definition) is 1. The number of anilines is 1. The van der Waals surface area contributed by atoms with E-state index >= 15 is 0 Å². The van der Waals surface area contributed by atoms with Crippen LogP contribution in [0.3, 0.4) is 0 Å². The summed E-state index contributed by atoms with van der Waals surface area (Å²) in [4.78, 5) is 25.2. The molecule has 0 spiro atoms. The van der Waals surface area contributed by atoms with Gasteiger partial charge in [-0.15, -0.1) is 0 Å². The van der Waals surface area contributed by atoms with Crippen molar-refractivity contribution in [3.05, 3.63) is 18.2 Å². The maximum Gasteiger partial charge on any atom is 0.326 e. The van der Waals surface area contributed by atoms with Crippen molar-refractivity contribution in [2.75, 3.05) is 19.1 Å². The van der Waals surface area contributed by atoms with Crippen molar-refractivity contribution in [1.29, 1.82) is 0 Å². The molecule has 1 saturated carbocycles. The van der Waals surface area contributed by atoms with Crippen molar-refractivity contribution in [3.63, 3.8) is 0 Å². The van der Waals surface area contributed by atoms with Crippen LogP contribution in [0.15, 0.2) is 18.2 Å². The number of ether oxygens (including phenoxy) is 2. The van der Waals surface area contributed by atoms with E-state index in [1.165, 1.54) is 14.2 Å². The first kappa shape index (κ1) is 16.1. The number of hydrogen-bond acceptors (Lipinski definition) is 4. The molecule has 1 aliphatic rings. The lowest BCUT2D eigenvalue weighted by Gasteiger charge is -2.21. The Morgan fingerprint density at radius 3 is 2.36 bits per heavy atom. The Labute approximate surface area is 130 Å². The summed E-state index contributed by atoms with van der Waals surface area (Å²) in [6.45, 7) is 0. The lowest BCUT2D eigenvalue weighted by Crippen LogP contribution is -2.41. The molecule has 0 aromatic heterocycles. The summed E-state index contributed by atoms with van der Waals surface area (Å²) in [6, 6.07) is 4.07. The van der Waals surface area contributed by atoms with E-state index in [4.69, 9.17) is 15.2 Å². The zero-order valence-electron chi connectivity index (χ0n) is 13.0. The molecule has 22 heavy (non-hydrogen) atoms. The van der Waals surface area contributed by atoms with Crippen molar-refractivity contribution in [1.82, 2.24) is 0 Å². The summed E-state index contributed by atoms with van der Waals surface area (Å²) in [5, 5.41) is 0. The third-order valence-corrected chi connectivity index (χ3v) is 4.03. The molecule has 0 bridgehead atoms. The standard InChI is InChI=1S/C16H22N2O4/c1-21-13-8-7-12(10-14(13)22-2)18(16(17)20)15(19)9-11-5-3-4-6-11/h7-8,10-11H,3-6,9H2,1-2H3,(H2,17,20). The van der Waals surface area contributed by atoms with Crippen LogP contribution in [0.5, 0.6) is 11.5 Å². The van der Waals surface area contributed by atoms with E-state index in [2.05, 4.69) is 0 Å². The van der Waals surface area contributed by atoms with Crippen LogP contribution >= 0.6 is 0 Å². The normalized spacial score (nSPS) is 14.6. The third-order valence-electron chi connectivity index (χ3n) is 4.03. The number of imide groups is 1. The van der Waals surface area contributed by atoms with Gasteiger partial charge >= 0.3 is 6.03 Å². The number of primary amides is 1. The number of nitrogens with zero attached hydrogens (tertiary/aromatic N) is 1. The number of carbonyl (C=O) groups is 2. The zero-order valence-corrected chi connectivity index (χ0v) is 13.0. The SMILES string of the molecule is COc1ccc(N(C(N)=O)C(=O)CC2CCCC2)cc1OC. The van der Waals surface area contributed by atoms with Crippen molar-refractivity contribution >= 4 is 17.6 Å². The lowest BCUT2D eigenvalue weighted by molar-refractivity contribution is -0.118. The Balaban J connectivity index is 2.23. The number of nitrogens with two attached hydrogens (primary N) is 1. The first-order valence-corrected chi connectivity index (χ1v) is 7.41. The second-order valence-corrected chi connectivity index (χ2v) is 5.46. The molecule has 6 heteroatoms. The van der Waals surface area contributed by atoms with Gasteiger partial charge in [-0.2, -0.15) is 0 Å². The molecule has 0 radical (unpaired) electrons. The molecule has 1 aliphatic carbocycles. The number of rotatable bonds is 5. The molecule has 0 aliphatic heterocycles. The molecule has 2 rings (SSSR count). The Bertz CT molecular complexity index is 553. The van der Waals surface area contributed by atoms with Crippen LogP contribution in [-0.4, -0.2) is 26.2 Å². The molecule has 1 fully saturated rings. The summed E-state index contributed by atoms with van der Waals surface area (Å²) in [5.74, 6) is 1.04. The highest BCUT2D eigenvalue weighted by Gasteiger charge is 2.26. The van der Waals surface area contributed by atoms with E-state index in [1.54, 1.807) is 18.2 Å². The zero-order chi connectivity index (χ0) is 16.1. The number of urea groups is 1. The maximum atomic E-state index is 12.4. The molecule has 6 nitrogen and oxygen atoms in total. The highest BCUT2D eigenvalue weighted by molar-refractivity contribution is 6.13. The van der Waals surface area contributed by atoms with Crippen LogP contribution < -0.4 is 20.1 Å². The average molecular weight is 306 g/mol. The fraction of sp³-hybridized carbons (Fsp3) is 0.500. The molecular weight excluding hydrogens is 284 g/mol. The fourth-order valence-electron chi connectivity index (χ4n) is 2.91. The topological polar surface area (TPSA) is 81.9 Å². The van der Waals surface area contributed by atoms with Crippen molar-refractivity contribution in [2.45, 2.75) is 32.1 Å². The van der Waals surface area contributed by atoms with Crippen molar-refractivity contribution in [3.8, 4) is 11.5 Å². The molecule has 2 N–H and O–H groups in total. The van der Waals surface area contributed by atoms with Gasteiger partial charge in [0.05, 0.1) is 19.9 Å². The van der Waals surface area contributed by atoms with Gasteiger partial charge < -0.3 is 15.2 Å². The smallest absolute Gasteiger partial charge is 0.326 e. The monoisotopic (exact) mass is 306 g/mol. The van der Waals surface area contributed by atoms with E-state index in [0.29, 0.717) is 29.5 Å². The Morgan fingerprint density at radius 1 is 1.18 bits per heavy atom. The number of methoxy groups -OCH3 is 2. The second-order valence-electron chi connectivity index (χ2n) is 5.46. The Morgan fingerprint density at radius 2 is 1.82 bits per heavy atom. The summed E-state index contributed by atoms with van der Waals surface area (Å²) < 4.78 is 10.4. The van der Waals surface area contributed by atoms with Gasteiger partial charge in [-0.3, -0.25) is 4.79 Å². The fourth-order valence-corrected chi connectivity index (χ4v) is 2.91. The van der Waals surface area contributed by atoms with Crippen LogP contribution in [0.25, 0.3) is 0 Å². The van der Waals surface area contributed by atoms with E-state index in [1.807, 2.05) is 0 Å². The van der Waals surface area contributed by atoms with E-state index in [0.717, 1.165) is 30.6 Å². The molecule has 0 unspecified atom stereocenters. The van der Waals surface area contributed by atoms with E-state index < -0.39 is 6.03 Å². The van der Waals surface area contributed by atoms with Gasteiger partial charge in [0, 0.05) is 12.5 Å². The average Bonchev–Trinajstić information content (AvgIpc) is 2.99. The first-order valence-electron chi connectivity index (χ1n) is 7.41. The largest absolute Gasteiger partial charge is 0.493 e. The highest BCUT2D eigenvalue weighted by Crippen LogP contribution is 2.33. The molecular formula is C16H22N2O4. The van der Waals surface area contributed by atoms with Gasteiger partial charge in [-0.1, -0.05) is 12.8 Å². The van der Waals surface area contributed by atoms with Crippen LogP contribution in [0, 0.1) is 5.92 Å². The minimum atomic E-state index is -0.782. The van der Waals surface area contributed by atoms with Gasteiger partial charge in [-0.05, 0) is 30.9 Å². The summed E-state index contributed by atoms with van der Waals surface area (Å²) >= 11 is 0. The summed E-state index contributed by atoms with van der Waals surface area (Å²) in [5.41, 5.74) is 5.80. The van der Waals surface area contributed by atoms with Gasteiger partial charge in [0.15, 0.2) is 11.5 Å². The lowest BCUT2D eigenvalue weighted by atomic mass is 10.0. The molecule has 0 atom stereocenters. The maximum absolute atomic E-state index is 12.4. The van der Waals surface area contributed by atoms with Crippen LogP contribution in [0.4, 0.5) is 10.5 Å².